The number of alkyl halides is 3. The van der Waals surface area contributed by atoms with E-state index >= 15 is 0 Å². The number of carbonyl (C=O) groups is 1. The summed E-state index contributed by atoms with van der Waals surface area (Å²) >= 11 is 0.960. The van der Waals surface area contributed by atoms with Crippen LogP contribution in [0.1, 0.15) is 25.7 Å². The monoisotopic (exact) mass is 484 g/mol. The Balaban J connectivity index is 1.46. The van der Waals surface area contributed by atoms with Gasteiger partial charge in [-0.25, -0.2) is 9.37 Å². The van der Waals surface area contributed by atoms with E-state index < -0.39 is 36.3 Å². The Hall–Kier alpha value is -2.86. The number of hydrogen-bond acceptors (Lipinski definition) is 6. The van der Waals surface area contributed by atoms with Gasteiger partial charge >= 0.3 is 6.18 Å². The Morgan fingerprint density at radius 1 is 1.18 bits per heavy atom. The second-order valence-corrected chi connectivity index (χ2v) is 8.89. The van der Waals surface area contributed by atoms with E-state index in [0.717, 1.165) is 11.5 Å². The number of piperidine rings is 1. The molecule has 0 spiro atoms. The minimum absolute atomic E-state index is 0.0663. The zero-order valence-electron chi connectivity index (χ0n) is 17.3. The molecular weight excluding hydrogens is 464 g/mol. The van der Waals surface area contributed by atoms with Crippen LogP contribution in [0.2, 0.25) is 0 Å². The molecule has 1 amide bonds. The van der Waals surface area contributed by atoms with Gasteiger partial charge in [0.2, 0.25) is 5.91 Å². The van der Waals surface area contributed by atoms with Gasteiger partial charge in [0.15, 0.2) is 0 Å². The molecule has 12 heteroatoms. The van der Waals surface area contributed by atoms with Gasteiger partial charge in [0.1, 0.15) is 21.7 Å². The maximum Gasteiger partial charge on any atom is 0.389 e. The second-order valence-electron chi connectivity index (χ2n) is 8.11. The summed E-state index contributed by atoms with van der Waals surface area (Å²) in [4.78, 5) is 30.6. The van der Waals surface area contributed by atoms with Crippen molar-refractivity contribution in [2.75, 3.05) is 13.1 Å². The number of benzene rings is 1. The maximum atomic E-state index is 13.2. The maximum absolute atomic E-state index is 13.2. The number of likely N-dealkylation sites (tertiary alicyclic amines) is 1. The molecule has 1 aliphatic rings. The highest BCUT2D eigenvalue weighted by Crippen LogP contribution is 2.29. The van der Waals surface area contributed by atoms with Crippen LogP contribution in [0, 0.1) is 5.82 Å². The number of aliphatic hydroxyl groups is 1. The van der Waals surface area contributed by atoms with Crippen molar-refractivity contribution in [2.45, 2.75) is 44.0 Å². The average Bonchev–Trinajstić information content (AvgIpc) is 3.19. The van der Waals surface area contributed by atoms with Crippen molar-refractivity contribution in [2.24, 2.45) is 0 Å². The van der Waals surface area contributed by atoms with Crippen LogP contribution in [-0.2, 0) is 11.3 Å². The molecule has 4 rings (SSSR count). The topological polar surface area (TPSA) is 88.3 Å². The smallest absolute Gasteiger partial charge is 0.388 e. The Morgan fingerprint density at radius 2 is 1.85 bits per heavy atom. The van der Waals surface area contributed by atoms with Crippen molar-refractivity contribution in [1.82, 2.24) is 18.8 Å². The molecular formula is C21H20F4N4O3S. The highest BCUT2D eigenvalue weighted by atomic mass is 32.1. The SMILES string of the molecule is O=C(CCC(F)(F)F)N1CCC(O)(Cn2cnc3c(-c4ccc(F)cc4)nsc3c2=O)CC1. The summed E-state index contributed by atoms with van der Waals surface area (Å²) in [5.74, 6) is -0.998. The Morgan fingerprint density at radius 3 is 2.48 bits per heavy atom. The van der Waals surface area contributed by atoms with Crippen LogP contribution in [0.15, 0.2) is 35.4 Å². The minimum Gasteiger partial charge on any atom is -0.388 e. The predicted octanol–water partition coefficient (Wildman–Crippen LogP) is 3.36. The van der Waals surface area contributed by atoms with Crippen LogP contribution in [0.4, 0.5) is 17.6 Å². The number of halogens is 4. The van der Waals surface area contributed by atoms with Gasteiger partial charge in [0.05, 0.1) is 24.9 Å². The molecule has 2 aromatic heterocycles. The molecule has 1 N–H and O–H groups in total. The molecule has 0 aliphatic carbocycles. The summed E-state index contributed by atoms with van der Waals surface area (Å²) in [5, 5.41) is 10.9. The fraction of sp³-hybridized carbons (Fsp3) is 0.429. The highest BCUT2D eigenvalue weighted by molar-refractivity contribution is 7.13. The molecule has 33 heavy (non-hydrogen) atoms. The predicted molar refractivity (Wildman–Crippen MR) is 113 cm³/mol. The Labute approximate surface area is 189 Å². The van der Waals surface area contributed by atoms with E-state index in [1.165, 1.54) is 27.9 Å². The van der Waals surface area contributed by atoms with E-state index in [9.17, 15) is 32.3 Å². The molecule has 7 nitrogen and oxygen atoms in total. The number of rotatable bonds is 5. The molecule has 176 valence electrons. The van der Waals surface area contributed by atoms with Crippen LogP contribution >= 0.6 is 11.5 Å². The quantitative estimate of drug-likeness (QED) is 0.562. The second kappa shape index (κ2) is 8.82. The van der Waals surface area contributed by atoms with Gasteiger partial charge in [-0.3, -0.25) is 14.2 Å². The van der Waals surface area contributed by atoms with Gasteiger partial charge in [-0.1, -0.05) is 0 Å². The van der Waals surface area contributed by atoms with Crippen molar-refractivity contribution in [3.05, 3.63) is 46.8 Å². The van der Waals surface area contributed by atoms with E-state index in [4.69, 9.17) is 0 Å². The lowest BCUT2D eigenvalue weighted by atomic mass is 9.91. The molecule has 1 aliphatic heterocycles. The van der Waals surface area contributed by atoms with Gasteiger partial charge in [-0.2, -0.15) is 17.5 Å². The molecule has 3 heterocycles. The van der Waals surface area contributed by atoms with E-state index in [2.05, 4.69) is 9.36 Å². The van der Waals surface area contributed by atoms with Crippen molar-refractivity contribution in [1.29, 1.82) is 0 Å². The minimum atomic E-state index is -4.40. The first-order valence-electron chi connectivity index (χ1n) is 10.2. The summed E-state index contributed by atoms with van der Waals surface area (Å²) in [5.41, 5.74) is -0.227. The van der Waals surface area contributed by atoms with E-state index in [0.29, 0.717) is 21.5 Å². The number of fused-ring (bicyclic) bond motifs is 1. The standard InChI is InChI=1S/C21H20F4N4O3S/c22-14-3-1-13(2-4-14)16-17-18(33-27-16)19(31)29(12-26-17)11-20(32)7-9-28(10-8-20)15(30)5-6-21(23,24)25/h1-4,12,32H,5-11H2. The first kappa shape index (κ1) is 23.3. The number of carbonyl (C=O) groups excluding carboxylic acids is 1. The third kappa shape index (κ3) is 5.22. The number of amides is 1. The van der Waals surface area contributed by atoms with Crippen molar-refractivity contribution in [3.63, 3.8) is 0 Å². The number of aromatic nitrogens is 3. The molecule has 0 radical (unpaired) electrons. The zero-order valence-corrected chi connectivity index (χ0v) is 18.1. The largest absolute Gasteiger partial charge is 0.389 e. The van der Waals surface area contributed by atoms with Crippen LogP contribution in [-0.4, -0.2) is 54.7 Å². The Kier molecular flexibility index (Phi) is 6.23. The molecule has 0 atom stereocenters. The van der Waals surface area contributed by atoms with Gasteiger partial charge in [-0.05, 0) is 48.6 Å². The lowest BCUT2D eigenvalue weighted by molar-refractivity contribution is -0.151. The van der Waals surface area contributed by atoms with Crippen LogP contribution < -0.4 is 5.56 Å². The fourth-order valence-electron chi connectivity index (χ4n) is 3.82. The van der Waals surface area contributed by atoms with Crippen molar-refractivity contribution < 1.29 is 27.5 Å². The summed E-state index contributed by atoms with van der Waals surface area (Å²) < 4.78 is 56.1. The van der Waals surface area contributed by atoms with Gasteiger partial charge in [-0.15, -0.1) is 0 Å². The van der Waals surface area contributed by atoms with Gasteiger partial charge in [0, 0.05) is 25.1 Å². The number of hydrogen-bond donors (Lipinski definition) is 1. The average molecular weight is 484 g/mol. The summed E-state index contributed by atoms with van der Waals surface area (Å²) in [6.45, 7) is 0.142. The third-order valence-electron chi connectivity index (χ3n) is 5.70. The van der Waals surface area contributed by atoms with Gasteiger partial charge in [0.25, 0.3) is 5.56 Å². The Bertz CT molecular complexity index is 1210. The number of nitrogens with zero attached hydrogens (tertiary/aromatic N) is 4. The third-order valence-corrected chi connectivity index (χ3v) is 6.52. The molecule has 0 saturated carbocycles. The van der Waals surface area contributed by atoms with Gasteiger partial charge < -0.3 is 10.0 Å². The van der Waals surface area contributed by atoms with E-state index in [1.807, 2.05) is 0 Å². The lowest BCUT2D eigenvalue weighted by Gasteiger charge is -2.38. The van der Waals surface area contributed by atoms with E-state index in [-0.39, 0.29) is 38.0 Å². The molecule has 1 saturated heterocycles. The lowest BCUT2D eigenvalue weighted by Crippen LogP contribution is -2.49. The highest BCUT2D eigenvalue weighted by Gasteiger charge is 2.36. The first-order chi connectivity index (χ1) is 15.5. The molecule has 0 bridgehead atoms. The molecule has 3 aromatic rings. The van der Waals surface area contributed by atoms with Crippen molar-refractivity contribution in [3.8, 4) is 11.3 Å². The van der Waals surface area contributed by atoms with Crippen LogP contribution in [0.3, 0.4) is 0 Å². The zero-order chi connectivity index (χ0) is 23.8. The van der Waals surface area contributed by atoms with Crippen molar-refractivity contribution >= 4 is 27.7 Å². The summed E-state index contributed by atoms with van der Waals surface area (Å²) in [6.07, 6.45) is -4.64. The molecule has 1 aromatic carbocycles. The van der Waals surface area contributed by atoms with E-state index in [1.54, 1.807) is 12.1 Å². The summed E-state index contributed by atoms with van der Waals surface area (Å²) in [7, 11) is 0. The molecule has 0 unspecified atom stereocenters. The fourth-order valence-corrected chi connectivity index (χ4v) is 4.63. The van der Waals surface area contributed by atoms with Crippen LogP contribution in [0.5, 0.6) is 0 Å². The van der Waals surface area contributed by atoms with Crippen LogP contribution in [0.25, 0.3) is 21.5 Å². The normalized spacial score (nSPS) is 16.3. The summed E-state index contributed by atoms with van der Waals surface area (Å²) in [6, 6.07) is 5.67. The first-order valence-corrected chi connectivity index (χ1v) is 11.0. The molecule has 1 fully saturated rings.